The molecule has 9 heteroatoms. The molecule has 0 bridgehead atoms. The SMILES string of the molecule is Cc1cc(C)c2[nH]c(=O)c(C(c3nnnn3C3CCCC3)N(Cc3ccco3)Cc3ccccc3Cl)cc2c1. The molecule has 1 N–H and O–H groups in total. The van der Waals surface area contributed by atoms with Gasteiger partial charge in [0.1, 0.15) is 11.8 Å². The third-order valence-electron chi connectivity index (χ3n) is 7.69. The Bertz CT molecular complexity index is 1650. The first-order chi connectivity index (χ1) is 19.0. The van der Waals surface area contributed by atoms with Crippen LogP contribution in [0, 0.1) is 13.8 Å². The Morgan fingerprint density at radius 3 is 2.69 bits per heavy atom. The first-order valence-corrected chi connectivity index (χ1v) is 13.8. The molecule has 1 aliphatic rings. The van der Waals surface area contributed by atoms with Crippen molar-refractivity contribution in [3.05, 3.63) is 110 Å². The van der Waals surface area contributed by atoms with Crippen molar-refractivity contribution in [3.8, 4) is 0 Å². The van der Waals surface area contributed by atoms with Crippen molar-refractivity contribution in [2.24, 2.45) is 0 Å². The maximum absolute atomic E-state index is 13.9. The Morgan fingerprint density at radius 2 is 1.92 bits per heavy atom. The lowest BCUT2D eigenvalue weighted by atomic mass is 9.99. The Hall–Kier alpha value is -3.75. The fraction of sp³-hybridized carbons (Fsp3) is 0.333. The first kappa shape index (κ1) is 25.5. The number of tetrazole rings is 1. The van der Waals surface area contributed by atoms with Gasteiger partial charge in [0.15, 0.2) is 5.82 Å². The third kappa shape index (κ3) is 5.14. The van der Waals surface area contributed by atoms with Crippen LogP contribution in [0.4, 0.5) is 0 Å². The second-order valence-electron chi connectivity index (χ2n) is 10.5. The van der Waals surface area contributed by atoms with Gasteiger partial charge in [-0.1, -0.05) is 54.3 Å². The van der Waals surface area contributed by atoms with Gasteiger partial charge in [0.2, 0.25) is 0 Å². The largest absolute Gasteiger partial charge is 0.468 e. The molecule has 1 fully saturated rings. The Kier molecular flexibility index (Phi) is 7.06. The van der Waals surface area contributed by atoms with E-state index in [1.165, 1.54) is 0 Å². The van der Waals surface area contributed by atoms with Crippen LogP contribution in [0.2, 0.25) is 5.02 Å². The summed E-state index contributed by atoms with van der Waals surface area (Å²) in [5.41, 5.74) is 4.37. The van der Waals surface area contributed by atoms with E-state index in [2.05, 4.69) is 44.5 Å². The molecule has 1 saturated carbocycles. The molecule has 0 radical (unpaired) electrons. The summed E-state index contributed by atoms with van der Waals surface area (Å²) < 4.78 is 7.71. The number of nitrogens with one attached hydrogen (secondary N) is 1. The molecule has 6 rings (SSSR count). The maximum atomic E-state index is 13.9. The fourth-order valence-electron chi connectivity index (χ4n) is 5.88. The summed E-state index contributed by atoms with van der Waals surface area (Å²) in [7, 11) is 0. The highest BCUT2D eigenvalue weighted by molar-refractivity contribution is 6.31. The smallest absolute Gasteiger partial charge is 0.253 e. The van der Waals surface area contributed by atoms with Gasteiger partial charge < -0.3 is 9.40 Å². The lowest BCUT2D eigenvalue weighted by Gasteiger charge is -2.31. The van der Waals surface area contributed by atoms with Gasteiger partial charge in [-0.15, -0.1) is 5.10 Å². The normalized spacial score (nSPS) is 15.0. The number of aromatic amines is 1. The van der Waals surface area contributed by atoms with Crippen LogP contribution < -0.4 is 5.56 Å². The van der Waals surface area contributed by atoms with Gasteiger partial charge in [0, 0.05) is 17.1 Å². The van der Waals surface area contributed by atoms with Crippen molar-refractivity contribution in [2.75, 3.05) is 0 Å². The van der Waals surface area contributed by atoms with Crippen LogP contribution in [0.1, 0.15) is 71.6 Å². The summed E-state index contributed by atoms with van der Waals surface area (Å²) in [5.74, 6) is 1.42. The Morgan fingerprint density at radius 1 is 1.10 bits per heavy atom. The molecule has 1 aliphatic carbocycles. The number of rotatable bonds is 8. The van der Waals surface area contributed by atoms with E-state index in [0.717, 1.165) is 59.0 Å². The molecule has 8 nitrogen and oxygen atoms in total. The van der Waals surface area contributed by atoms with Gasteiger partial charge in [0.05, 0.1) is 24.4 Å². The van der Waals surface area contributed by atoms with E-state index in [4.69, 9.17) is 16.0 Å². The lowest BCUT2D eigenvalue weighted by Crippen LogP contribution is -2.35. The van der Waals surface area contributed by atoms with Crippen LogP contribution in [-0.4, -0.2) is 30.1 Å². The molecule has 0 saturated heterocycles. The number of nitrogens with zero attached hydrogens (tertiary/aromatic N) is 5. The van der Waals surface area contributed by atoms with Crippen LogP contribution in [0.15, 0.2) is 70.1 Å². The van der Waals surface area contributed by atoms with E-state index >= 15 is 0 Å². The fourth-order valence-corrected chi connectivity index (χ4v) is 6.08. The third-order valence-corrected chi connectivity index (χ3v) is 8.05. The zero-order valence-corrected chi connectivity index (χ0v) is 22.9. The number of hydrogen-bond acceptors (Lipinski definition) is 6. The monoisotopic (exact) mass is 542 g/mol. The number of benzene rings is 2. The maximum Gasteiger partial charge on any atom is 0.253 e. The number of fused-ring (bicyclic) bond motifs is 1. The predicted octanol–water partition coefficient (Wildman–Crippen LogP) is 6.28. The van der Waals surface area contributed by atoms with Crippen LogP contribution in [0.3, 0.4) is 0 Å². The zero-order chi connectivity index (χ0) is 26.9. The molecule has 0 spiro atoms. The van der Waals surface area contributed by atoms with E-state index in [9.17, 15) is 4.79 Å². The second-order valence-corrected chi connectivity index (χ2v) is 10.9. The first-order valence-electron chi connectivity index (χ1n) is 13.4. The number of H-pyrrole nitrogens is 1. The quantitative estimate of drug-likeness (QED) is 0.248. The topological polar surface area (TPSA) is 92.8 Å². The molecule has 3 aromatic heterocycles. The van der Waals surface area contributed by atoms with Gasteiger partial charge in [0.25, 0.3) is 5.56 Å². The summed E-state index contributed by atoms with van der Waals surface area (Å²) >= 11 is 6.64. The van der Waals surface area contributed by atoms with Crippen molar-refractivity contribution in [2.45, 2.75) is 64.7 Å². The van der Waals surface area contributed by atoms with E-state index in [1.807, 2.05) is 54.1 Å². The number of aryl methyl sites for hydroxylation is 2. The van der Waals surface area contributed by atoms with Crippen LogP contribution in [0.25, 0.3) is 10.9 Å². The van der Waals surface area contributed by atoms with E-state index in [1.54, 1.807) is 6.26 Å². The molecule has 0 amide bonds. The van der Waals surface area contributed by atoms with Gasteiger partial charge in [-0.05, 0) is 84.0 Å². The number of halogens is 1. The van der Waals surface area contributed by atoms with Crippen LogP contribution >= 0.6 is 11.6 Å². The molecule has 200 valence electrons. The van der Waals surface area contributed by atoms with Crippen LogP contribution in [0.5, 0.6) is 0 Å². The summed E-state index contributed by atoms with van der Waals surface area (Å²) in [4.78, 5) is 19.2. The summed E-state index contributed by atoms with van der Waals surface area (Å²) in [5, 5.41) is 14.7. The average molecular weight is 543 g/mol. The van der Waals surface area contributed by atoms with Gasteiger partial charge in [-0.3, -0.25) is 9.69 Å². The Balaban J connectivity index is 1.56. The van der Waals surface area contributed by atoms with Crippen molar-refractivity contribution in [1.29, 1.82) is 0 Å². The molecule has 5 aromatic rings. The summed E-state index contributed by atoms with van der Waals surface area (Å²) in [6.07, 6.45) is 5.97. The highest BCUT2D eigenvalue weighted by atomic mass is 35.5. The minimum Gasteiger partial charge on any atom is -0.468 e. The zero-order valence-electron chi connectivity index (χ0n) is 22.1. The molecule has 2 aromatic carbocycles. The predicted molar refractivity (Wildman–Crippen MR) is 151 cm³/mol. The van der Waals surface area contributed by atoms with E-state index < -0.39 is 6.04 Å². The van der Waals surface area contributed by atoms with E-state index in [-0.39, 0.29) is 11.6 Å². The van der Waals surface area contributed by atoms with Crippen molar-refractivity contribution >= 4 is 22.5 Å². The van der Waals surface area contributed by atoms with Crippen LogP contribution in [-0.2, 0) is 13.1 Å². The summed E-state index contributed by atoms with van der Waals surface area (Å²) in [6, 6.07) is 17.4. The summed E-state index contributed by atoms with van der Waals surface area (Å²) in [6.45, 7) is 4.98. The number of pyridine rings is 1. The average Bonchev–Trinajstić information content (AvgIpc) is 3.70. The van der Waals surface area contributed by atoms with E-state index in [0.29, 0.717) is 29.5 Å². The molecule has 1 atom stereocenters. The Labute approximate surface area is 231 Å². The highest BCUT2D eigenvalue weighted by Gasteiger charge is 2.34. The number of hydrogen-bond donors (Lipinski definition) is 1. The van der Waals surface area contributed by atoms with Crippen molar-refractivity contribution in [3.63, 3.8) is 0 Å². The standard InChI is InChI=1S/C30H31ClN6O2/c1-19-14-20(2)27-22(15-19)16-25(30(38)32-27)28(29-33-34-35-37(29)23-9-4-5-10-23)36(18-24-11-7-13-39-24)17-21-8-3-6-12-26(21)31/h3,6-8,11-16,23,28H,4-5,9-10,17-18H2,1-2H3,(H,32,38). The molecular formula is C30H31ClN6O2. The van der Waals surface area contributed by atoms with Crippen molar-refractivity contribution < 1.29 is 4.42 Å². The number of furan rings is 1. The lowest BCUT2D eigenvalue weighted by molar-refractivity contribution is 0.176. The molecule has 39 heavy (non-hydrogen) atoms. The minimum absolute atomic E-state index is 0.163. The molecule has 3 heterocycles. The molecule has 1 unspecified atom stereocenters. The molecular weight excluding hydrogens is 512 g/mol. The van der Waals surface area contributed by atoms with Gasteiger partial charge in [-0.2, -0.15) is 0 Å². The van der Waals surface area contributed by atoms with Gasteiger partial charge in [-0.25, -0.2) is 4.68 Å². The highest BCUT2D eigenvalue weighted by Crippen LogP contribution is 2.36. The minimum atomic E-state index is -0.545. The second kappa shape index (κ2) is 10.8. The van der Waals surface area contributed by atoms with Gasteiger partial charge >= 0.3 is 0 Å². The number of aromatic nitrogens is 5. The van der Waals surface area contributed by atoms with Crippen molar-refractivity contribution in [1.82, 2.24) is 30.1 Å². The molecule has 0 aliphatic heterocycles.